The second kappa shape index (κ2) is 4.40. The van der Waals surface area contributed by atoms with Gasteiger partial charge in [-0.2, -0.15) is 8.42 Å². The maximum atomic E-state index is 11.5. The Morgan fingerprint density at radius 1 is 1.00 bits per heavy atom. The third-order valence-corrected chi connectivity index (χ3v) is 4.92. The number of esters is 1. The quantitative estimate of drug-likeness (QED) is 0.363. The zero-order chi connectivity index (χ0) is 13.8. The van der Waals surface area contributed by atoms with Gasteiger partial charge in [-0.05, 0) is 0 Å². The first kappa shape index (κ1) is 14.2. The lowest BCUT2D eigenvalue weighted by atomic mass is 10.1. The molecule has 0 bridgehead atoms. The molecule has 0 saturated heterocycles. The highest BCUT2D eigenvalue weighted by atomic mass is 35.5. The first-order chi connectivity index (χ1) is 8.16. The van der Waals surface area contributed by atoms with Crippen molar-refractivity contribution in [2.45, 2.75) is 5.44 Å². The van der Waals surface area contributed by atoms with Gasteiger partial charge < -0.3 is 4.74 Å². The lowest BCUT2D eigenvalue weighted by molar-refractivity contribution is 0.0497. The van der Waals surface area contributed by atoms with Crippen LogP contribution in [-0.2, 0) is 14.9 Å². The second-order valence-corrected chi connectivity index (χ2v) is 6.27. The molecule has 0 aromatic heterocycles. The van der Waals surface area contributed by atoms with Gasteiger partial charge >= 0.3 is 16.1 Å². The molecule has 5 nitrogen and oxygen atoms in total. The Kier molecular flexibility index (Phi) is 3.46. The molecule has 18 heavy (non-hydrogen) atoms. The summed E-state index contributed by atoms with van der Waals surface area (Å²) in [6.45, 7) is 0. The van der Waals surface area contributed by atoms with Crippen LogP contribution in [0.5, 0.6) is 0 Å². The van der Waals surface area contributed by atoms with E-state index in [0.29, 0.717) is 0 Å². The number of carbonyl (C=O) groups excluding carboxylic acids is 1. The number of ether oxygens (including phenoxy) is 1. The minimum atomic E-state index is -4.71. The SMILES string of the molecule is O=C1OC(S(=O)(=O)O)c2c(Cl)c(Cl)c(Cl)c(Cl)c21. The molecule has 1 unspecified atom stereocenters. The van der Waals surface area contributed by atoms with Crippen LogP contribution in [0.4, 0.5) is 0 Å². The van der Waals surface area contributed by atoms with Crippen molar-refractivity contribution < 1.29 is 22.5 Å². The molecule has 0 radical (unpaired) electrons. The first-order valence-electron chi connectivity index (χ1n) is 4.19. The first-order valence-corrected chi connectivity index (χ1v) is 7.21. The summed E-state index contributed by atoms with van der Waals surface area (Å²) in [5.41, 5.74) is -2.60. The number of rotatable bonds is 1. The predicted octanol–water partition coefficient (Wildman–Crippen LogP) is 3.36. The van der Waals surface area contributed by atoms with Crippen molar-refractivity contribution in [3.8, 4) is 0 Å². The number of cyclic esters (lactones) is 1. The van der Waals surface area contributed by atoms with Crippen molar-refractivity contribution in [1.29, 1.82) is 0 Å². The average Bonchev–Trinajstić information content (AvgIpc) is 2.61. The van der Waals surface area contributed by atoms with E-state index in [4.69, 9.17) is 51.0 Å². The van der Waals surface area contributed by atoms with E-state index in [0.717, 1.165) is 0 Å². The van der Waals surface area contributed by atoms with E-state index in [-0.39, 0.29) is 31.2 Å². The molecule has 0 amide bonds. The fourth-order valence-electron chi connectivity index (χ4n) is 1.49. The predicted molar refractivity (Wildman–Crippen MR) is 66.2 cm³/mol. The highest BCUT2D eigenvalue weighted by molar-refractivity contribution is 7.85. The molecule has 0 aliphatic carbocycles. The fourth-order valence-corrected chi connectivity index (χ4v) is 3.35. The van der Waals surface area contributed by atoms with Crippen molar-refractivity contribution in [1.82, 2.24) is 0 Å². The normalized spacial score (nSPS) is 18.7. The summed E-state index contributed by atoms with van der Waals surface area (Å²) in [5.74, 6) is -1.06. The van der Waals surface area contributed by atoms with Gasteiger partial charge in [-0.1, -0.05) is 46.4 Å². The summed E-state index contributed by atoms with van der Waals surface area (Å²) in [6.07, 6.45) is 0. The monoisotopic (exact) mass is 350 g/mol. The lowest BCUT2D eigenvalue weighted by Gasteiger charge is -2.10. The Bertz CT molecular complexity index is 669. The van der Waals surface area contributed by atoms with Gasteiger partial charge in [0.15, 0.2) is 0 Å². The van der Waals surface area contributed by atoms with E-state index in [2.05, 4.69) is 4.74 Å². The van der Waals surface area contributed by atoms with Crippen LogP contribution in [-0.4, -0.2) is 18.9 Å². The van der Waals surface area contributed by atoms with Crippen LogP contribution >= 0.6 is 46.4 Å². The summed E-state index contributed by atoms with van der Waals surface area (Å²) in [6, 6.07) is 0. The molecular formula is C8H2Cl4O5S. The Hall–Kier alpha value is -0.240. The molecule has 98 valence electrons. The minimum absolute atomic E-state index is 0.199. The second-order valence-electron chi connectivity index (χ2n) is 3.30. The van der Waals surface area contributed by atoms with Crippen molar-refractivity contribution in [3.63, 3.8) is 0 Å². The molecule has 1 aliphatic heterocycles. The largest absolute Gasteiger partial charge is 0.435 e. The average molecular weight is 352 g/mol. The lowest BCUT2D eigenvalue weighted by Crippen LogP contribution is -2.12. The summed E-state index contributed by atoms with van der Waals surface area (Å²) in [5, 5.41) is -1.02. The molecule has 1 N–H and O–H groups in total. The van der Waals surface area contributed by atoms with E-state index in [9.17, 15) is 13.2 Å². The Balaban J connectivity index is 2.88. The van der Waals surface area contributed by atoms with Gasteiger partial charge in [0, 0.05) is 5.56 Å². The Labute approximate surface area is 121 Å². The zero-order valence-electron chi connectivity index (χ0n) is 8.08. The molecule has 0 saturated carbocycles. The number of benzene rings is 1. The fraction of sp³-hybridized carbons (Fsp3) is 0.125. The van der Waals surface area contributed by atoms with Gasteiger partial charge in [0.25, 0.3) is 5.44 Å². The van der Waals surface area contributed by atoms with Gasteiger partial charge in [-0.3, -0.25) is 4.55 Å². The summed E-state index contributed by atoms with van der Waals surface area (Å²) in [7, 11) is -4.71. The van der Waals surface area contributed by atoms with E-state index in [1.54, 1.807) is 0 Å². The van der Waals surface area contributed by atoms with Crippen molar-refractivity contribution in [2.24, 2.45) is 0 Å². The molecule has 10 heteroatoms. The van der Waals surface area contributed by atoms with Crippen LogP contribution < -0.4 is 0 Å². The van der Waals surface area contributed by atoms with E-state index in [1.807, 2.05) is 0 Å². The minimum Gasteiger partial charge on any atom is -0.435 e. The van der Waals surface area contributed by atoms with Gasteiger partial charge in [-0.25, -0.2) is 4.79 Å². The number of halogens is 4. The number of hydrogen-bond donors (Lipinski definition) is 1. The van der Waals surface area contributed by atoms with E-state index in [1.165, 1.54) is 0 Å². The van der Waals surface area contributed by atoms with Crippen LogP contribution in [0.1, 0.15) is 21.4 Å². The van der Waals surface area contributed by atoms with Gasteiger partial charge in [-0.15, -0.1) is 0 Å². The molecule has 1 atom stereocenters. The van der Waals surface area contributed by atoms with Crippen LogP contribution in [0.15, 0.2) is 0 Å². The smallest absolute Gasteiger partial charge is 0.341 e. The standard InChI is InChI=1S/C8H2Cl4O5S/c9-3-1-2(4(10)6(12)5(3)11)8(17-7(1)13)18(14,15)16/h8H,(H,14,15,16). The molecule has 0 fully saturated rings. The van der Waals surface area contributed by atoms with Crippen molar-refractivity contribution >= 4 is 62.5 Å². The highest BCUT2D eigenvalue weighted by Gasteiger charge is 2.44. The third-order valence-electron chi connectivity index (χ3n) is 2.23. The number of hydrogen-bond acceptors (Lipinski definition) is 4. The van der Waals surface area contributed by atoms with Crippen molar-refractivity contribution in [3.05, 3.63) is 31.2 Å². The Morgan fingerprint density at radius 3 is 2.00 bits per heavy atom. The van der Waals surface area contributed by atoms with Crippen LogP contribution in [0.2, 0.25) is 20.1 Å². The van der Waals surface area contributed by atoms with Crippen LogP contribution in [0.3, 0.4) is 0 Å². The van der Waals surface area contributed by atoms with Crippen molar-refractivity contribution in [2.75, 3.05) is 0 Å². The number of fused-ring (bicyclic) bond motifs is 1. The highest BCUT2D eigenvalue weighted by Crippen LogP contribution is 2.49. The van der Waals surface area contributed by atoms with Gasteiger partial charge in [0.1, 0.15) is 0 Å². The van der Waals surface area contributed by atoms with Gasteiger partial charge in [0.2, 0.25) is 0 Å². The molecule has 1 aromatic rings. The van der Waals surface area contributed by atoms with E-state index >= 15 is 0 Å². The van der Waals surface area contributed by atoms with Crippen LogP contribution in [0.25, 0.3) is 0 Å². The topological polar surface area (TPSA) is 80.7 Å². The summed E-state index contributed by atoms with van der Waals surface area (Å²) in [4.78, 5) is 11.5. The third kappa shape index (κ3) is 1.97. The summed E-state index contributed by atoms with van der Waals surface area (Å²) >= 11 is 23.0. The Morgan fingerprint density at radius 2 is 1.50 bits per heavy atom. The molecule has 1 heterocycles. The molecular weight excluding hydrogens is 350 g/mol. The van der Waals surface area contributed by atoms with Gasteiger partial charge in [0.05, 0.1) is 25.7 Å². The van der Waals surface area contributed by atoms with Crippen LogP contribution in [0, 0.1) is 0 Å². The maximum Gasteiger partial charge on any atom is 0.341 e. The molecule has 1 aliphatic rings. The molecule has 0 spiro atoms. The zero-order valence-corrected chi connectivity index (χ0v) is 11.9. The summed E-state index contributed by atoms with van der Waals surface area (Å²) < 4.78 is 35.7. The maximum absolute atomic E-state index is 11.5. The van der Waals surface area contributed by atoms with E-state index < -0.39 is 21.5 Å². The number of carbonyl (C=O) groups is 1. The molecule has 2 rings (SSSR count). The molecule has 1 aromatic carbocycles.